The van der Waals surface area contributed by atoms with Gasteiger partial charge in [0.25, 0.3) is 5.91 Å². The third-order valence-corrected chi connectivity index (χ3v) is 2.05. The van der Waals surface area contributed by atoms with Crippen molar-refractivity contribution >= 4 is 11.6 Å². The Morgan fingerprint density at radius 1 is 1.38 bits per heavy atom. The van der Waals surface area contributed by atoms with Crippen LogP contribution in [0.5, 0.6) is 11.5 Å². The van der Waals surface area contributed by atoms with Crippen molar-refractivity contribution in [2.75, 3.05) is 19.5 Å². The average molecular weight is 225 g/mol. The summed E-state index contributed by atoms with van der Waals surface area (Å²) >= 11 is 0. The van der Waals surface area contributed by atoms with Gasteiger partial charge in [-0.05, 0) is 19.1 Å². The number of carbonyl (C=O) groups excluding carboxylic acids is 1. The van der Waals surface area contributed by atoms with Crippen LogP contribution in [0.3, 0.4) is 0 Å². The summed E-state index contributed by atoms with van der Waals surface area (Å²) in [6, 6.07) is 5.00. The topological polar surface area (TPSA) is 67.8 Å². The van der Waals surface area contributed by atoms with E-state index < -0.39 is 12.0 Å². The maximum atomic E-state index is 11.3. The molecule has 2 N–H and O–H groups in total. The van der Waals surface area contributed by atoms with E-state index in [9.17, 15) is 4.79 Å². The van der Waals surface area contributed by atoms with Gasteiger partial charge in [0, 0.05) is 6.07 Å². The van der Waals surface area contributed by atoms with E-state index in [1.54, 1.807) is 25.3 Å². The molecule has 1 unspecified atom stereocenters. The molecule has 0 fully saturated rings. The van der Waals surface area contributed by atoms with Crippen LogP contribution in [0.25, 0.3) is 0 Å². The largest absolute Gasteiger partial charge is 0.497 e. The van der Waals surface area contributed by atoms with Gasteiger partial charge in [-0.1, -0.05) is 0 Å². The van der Waals surface area contributed by atoms with E-state index in [1.807, 2.05) is 0 Å². The summed E-state index contributed by atoms with van der Waals surface area (Å²) in [5, 5.41) is 11.6. The standard InChI is InChI=1S/C11H15NO4/c1-7(13)11(14)12-9-5-4-8(15-2)6-10(9)16-3/h4-7,13H,1-3H3,(H,12,14). The van der Waals surface area contributed by atoms with E-state index in [2.05, 4.69) is 5.32 Å². The molecule has 1 amide bonds. The summed E-state index contributed by atoms with van der Waals surface area (Å²) in [5.74, 6) is 0.628. The fourth-order valence-electron chi connectivity index (χ4n) is 1.14. The van der Waals surface area contributed by atoms with Crippen molar-refractivity contribution in [3.8, 4) is 11.5 Å². The summed E-state index contributed by atoms with van der Waals surface area (Å²) in [5.41, 5.74) is 0.495. The highest BCUT2D eigenvalue weighted by molar-refractivity contribution is 5.95. The molecule has 1 aromatic carbocycles. The van der Waals surface area contributed by atoms with Gasteiger partial charge in [0.15, 0.2) is 0 Å². The maximum absolute atomic E-state index is 11.3. The predicted molar refractivity (Wildman–Crippen MR) is 59.9 cm³/mol. The van der Waals surface area contributed by atoms with Crippen molar-refractivity contribution in [2.24, 2.45) is 0 Å². The van der Waals surface area contributed by atoms with Crippen LogP contribution >= 0.6 is 0 Å². The van der Waals surface area contributed by atoms with Gasteiger partial charge in [-0.15, -0.1) is 0 Å². The molecule has 0 saturated carbocycles. The van der Waals surface area contributed by atoms with Crippen LogP contribution in [0.4, 0.5) is 5.69 Å². The number of aliphatic hydroxyl groups is 1. The van der Waals surface area contributed by atoms with E-state index in [-0.39, 0.29) is 0 Å². The molecule has 5 heteroatoms. The summed E-state index contributed by atoms with van der Waals surface area (Å²) in [7, 11) is 3.04. The van der Waals surface area contributed by atoms with E-state index in [0.717, 1.165) is 0 Å². The second-order valence-corrected chi connectivity index (χ2v) is 3.23. The summed E-state index contributed by atoms with van der Waals surface area (Å²) in [6.45, 7) is 1.39. The maximum Gasteiger partial charge on any atom is 0.253 e. The van der Waals surface area contributed by atoms with Crippen LogP contribution in [0.15, 0.2) is 18.2 Å². The fourth-order valence-corrected chi connectivity index (χ4v) is 1.14. The zero-order valence-corrected chi connectivity index (χ0v) is 9.48. The number of aliphatic hydroxyl groups excluding tert-OH is 1. The quantitative estimate of drug-likeness (QED) is 0.802. The van der Waals surface area contributed by atoms with Crippen LogP contribution in [-0.4, -0.2) is 31.3 Å². The molecule has 0 heterocycles. The van der Waals surface area contributed by atoms with Gasteiger partial charge in [0.05, 0.1) is 19.9 Å². The van der Waals surface area contributed by atoms with E-state index in [0.29, 0.717) is 17.2 Å². The summed E-state index contributed by atoms with van der Waals surface area (Å²) in [6.07, 6.45) is -1.06. The summed E-state index contributed by atoms with van der Waals surface area (Å²) < 4.78 is 10.1. The molecule has 0 spiro atoms. The Kier molecular flexibility index (Phi) is 4.13. The van der Waals surface area contributed by atoms with Crippen molar-refractivity contribution in [3.63, 3.8) is 0 Å². The summed E-state index contributed by atoms with van der Waals surface area (Å²) in [4.78, 5) is 11.3. The molecule has 88 valence electrons. The van der Waals surface area contributed by atoms with Crippen molar-refractivity contribution < 1.29 is 19.4 Å². The number of hydrogen-bond donors (Lipinski definition) is 2. The lowest BCUT2D eigenvalue weighted by molar-refractivity contribution is -0.123. The molecular formula is C11H15NO4. The van der Waals surface area contributed by atoms with Gasteiger partial charge in [-0.3, -0.25) is 4.79 Å². The Morgan fingerprint density at radius 2 is 2.06 bits per heavy atom. The monoisotopic (exact) mass is 225 g/mol. The Hall–Kier alpha value is -1.75. The third kappa shape index (κ3) is 2.87. The minimum Gasteiger partial charge on any atom is -0.497 e. The molecule has 1 aromatic rings. The van der Waals surface area contributed by atoms with E-state index in [4.69, 9.17) is 14.6 Å². The van der Waals surface area contributed by atoms with Gasteiger partial charge in [-0.2, -0.15) is 0 Å². The lowest BCUT2D eigenvalue weighted by atomic mass is 10.2. The van der Waals surface area contributed by atoms with E-state index >= 15 is 0 Å². The van der Waals surface area contributed by atoms with Crippen molar-refractivity contribution in [1.29, 1.82) is 0 Å². The number of benzene rings is 1. The molecule has 0 aromatic heterocycles. The molecule has 0 aliphatic heterocycles. The lowest BCUT2D eigenvalue weighted by Gasteiger charge is -2.12. The molecule has 0 radical (unpaired) electrons. The number of amides is 1. The second kappa shape index (κ2) is 5.37. The molecule has 0 aliphatic carbocycles. The zero-order chi connectivity index (χ0) is 12.1. The van der Waals surface area contributed by atoms with Crippen molar-refractivity contribution in [3.05, 3.63) is 18.2 Å². The predicted octanol–water partition coefficient (Wildman–Crippen LogP) is 1.02. The third-order valence-electron chi connectivity index (χ3n) is 2.05. The van der Waals surface area contributed by atoms with Crippen molar-refractivity contribution in [2.45, 2.75) is 13.0 Å². The highest BCUT2D eigenvalue weighted by atomic mass is 16.5. The highest BCUT2D eigenvalue weighted by Crippen LogP contribution is 2.28. The number of carbonyl (C=O) groups is 1. The first-order valence-electron chi connectivity index (χ1n) is 4.79. The first-order chi connectivity index (χ1) is 7.58. The van der Waals surface area contributed by atoms with Crippen LogP contribution in [-0.2, 0) is 4.79 Å². The number of hydrogen-bond acceptors (Lipinski definition) is 4. The number of anilines is 1. The molecule has 5 nitrogen and oxygen atoms in total. The normalized spacial score (nSPS) is 11.8. The number of ether oxygens (including phenoxy) is 2. The van der Waals surface area contributed by atoms with E-state index in [1.165, 1.54) is 14.0 Å². The van der Waals surface area contributed by atoms with Gasteiger partial charge < -0.3 is 19.9 Å². The Labute approximate surface area is 94.0 Å². The SMILES string of the molecule is COc1ccc(NC(=O)C(C)O)c(OC)c1. The van der Waals surface area contributed by atoms with Gasteiger partial charge in [0.1, 0.15) is 17.6 Å². The van der Waals surface area contributed by atoms with Crippen LogP contribution < -0.4 is 14.8 Å². The number of methoxy groups -OCH3 is 2. The Morgan fingerprint density at radius 3 is 2.56 bits per heavy atom. The van der Waals surface area contributed by atoms with Crippen LogP contribution in [0.1, 0.15) is 6.92 Å². The minimum absolute atomic E-state index is 0.480. The second-order valence-electron chi connectivity index (χ2n) is 3.23. The molecular weight excluding hydrogens is 210 g/mol. The zero-order valence-electron chi connectivity index (χ0n) is 9.48. The Balaban J connectivity index is 2.91. The number of nitrogens with one attached hydrogen (secondary N) is 1. The van der Waals surface area contributed by atoms with Crippen molar-refractivity contribution in [1.82, 2.24) is 0 Å². The lowest BCUT2D eigenvalue weighted by Crippen LogP contribution is -2.24. The van der Waals surface area contributed by atoms with Crippen LogP contribution in [0, 0.1) is 0 Å². The smallest absolute Gasteiger partial charge is 0.253 e. The molecule has 1 rings (SSSR count). The first-order valence-corrected chi connectivity index (χ1v) is 4.79. The van der Waals surface area contributed by atoms with Crippen LogP contribution in [0.2, 0.25) is 0 Å². The fraction of sp³-hybridized carbons (Fsp3) is 0.364. The minimum atomic E-state index is -1.06. The van der Waals surface area contributed by atoms with Gasteiger partial charge in [-0.25, -0.2) is 0 Å². The first kappa shape index (κ1) is 12.3. The number of rotatable bonds is 4. The van der Waals surface area contributed by atoms with Gasteiger partial charge in [0.2, 0.25) is 0 Å². The average Bonchev–Trinajstić information content (AvgIpc) is 2.29. The molecule has 1 atom stereocenters. The molecule has 0 saturated heterocycles. The molecule has 16 heavy (non-hydrogen) atoms. The highest BCUT2D eigenvalue weighted by Gasteiger charge is 2.12. The molecule has 0 bridgehead atoms. The van der Waals surface area contributed by atoms with Gasteiger partial charge >= 0.3 is 0 Å². The Bertz CT molecular complexity index is 376. The molecule has 0 aliphatic rings.